The molecule has 0 unspecified atom stereocenters. The van der Waals surface area contributed by atoms with Crippen LogP contribution in [0.15, 0.2) is 34.0 Å². The SMILES string of the molecule is CCC(C)(C)C1C/C(=C\c2sccc2C)C(=O)/C(=C/c2sccc2C)C1. The van der Waals surface area contributed by atoms with Crippen LogP contribution in [0.2, 0.25) is 0 Å². The summed E-state index contributed by atoms with van der Waals surface area (Å²) in [5, 5.41) is 4.21. The molecule has 1 fully saturated rings. The van der Waals surface area contributed by atoms with Gasteiger partial charge in [0.1, 0.15) is 0 Å². The number of carbonyl (C=O) groups is 1. The first kappa shape index (κ1) is 19.3. The number of hydrogen-bond acceptors (Lipinski definition) is 3. The van der Waals surface area contributed by atoms with Crippen molar-refractivity contribution in [3.63, 3.8) is 0 Å². The summed E-state index contributed by atoms with van der Waals surface area (Å²) in [5.41, 5.74) is 4.70. The lowest BCUT2D eigenvalue weighted by atomic mass is 9.66. The van der Waals surface area contributed by atoms with E-state index in [0.29, 0.717) is 5.92 Å². The highest BCUT2D eigenvalue weighted by Gasteiger charge is 2.36. The first-order valence-corrected chi connectivity index (χ1v) is 11.1. The summed E-state index contributed by atoms with van der Waals surface area (Å²) in [6.45, 7) is 11.2. The minimum Gasteiger partial charge on any atom is -0.289 e. The van der Waals surface area contributed by atoms with Crippen LogP contribution < -0.4 is 0 Å². The molecule has 0 radical (unpaired) electrons. The smallest absolute Gasteiger partial charge is 0.185 e. The van der Waals surface area contributed by atoms with Gasteiger partial charge in [-0.1, -0.05) is 27.2 Å². The zero-order valence-electron chi connectivity index (χ0n) is 16.4. The summed E-state index contributed by atoms with van der Waals surface area (Å²) < 4.78 is 0. The summed E-state index contributed by atoms with van der Waals surface area (Å²) in [5.74, 6) is 0.747. The standard InChI is InChI=1S/C23H28OS2/c1-6-23(4,5)19-11-17(13-20-15(2)7-9-25-20)22(24)18(12-19)14-21-16(3)8-10-26-21/h7-10,13-14,19H,6,11-12H2,1-5H3/b17-13+,18-14+. The van der Waals surface area contributed by atoms with E-state index in [1.54, 1.807) is 22.7 Å². The molecule has 0 amide bonds. The Hall–Kier alpha value is -1.45. The maximum Gasteiger partial charge on any atom is 0.185 e. The maximum atomic E-state index is 13.2. The molecule has 3 heteroatoms. The minimum absolute atomic E-state index is 0.230. The lowest BCUT2D eigenvalue weighted by Gasteiger charge is -2.37. The topological polar surface area (TPSA) is 17.1 Å². The molecule has 1 aliphatic carbocycles. The van der Waals surface area contributed by atoms with Crippen LogP contribution in [0.3, 0.4) is 0 Å². The molecule has 1 nitrogen and oxygen atoms in total. The van der Waals surface area contributed by atoms with Crippen molar-refractivity contribution in [1.29, 1.82) is 0 Å². The van der Waals surface area contributed by atoms with E-state index in [-0.39, 0.29) is 11.2 Å². The van der Waals surface area contributed by atoms with Gasteiger partial charge in [0.15, 0.2) is 5.78 Å². The first-order chi connectivity index (χ1) is 12.3. The molecule has 2 aromatic heterocycles. The number of hydrogen-bond donors (Lipinski definition) is 0. The Morgan fingerprint density at radius 1 is 1.00 bits per heavy atom. The number of carbonyl (C=O) groups excluding carboxylic acids is 1. The minimum atomic E-state index is 0.230. The fraction of sp³-hybridized carbons (Fsp3) is 0.435. The van der Waals surface area contributed by atoms with Gasteiger partial charge in [0, 0.05) is 20.9 Å². The molecule has 0 aromatic carbocycles. The van der Waals surface area contributed by atoms with Gasteiger partial charge in [0.05, 0.1) is 0 Å². The molecule has 2 heterocycles. The summed E-state index contributed by atoms with van der Waals surface area (Å²) in [4.78, 5) is 15.7. The Kier molecular flexibility index (Phi) is 5.69. The first-order valence-electron chi connectivity index (χ1n) is 9.36. The van der Waals surface area contributed by atoms with Crippen LogP contribution in [-0.2, 0) is 4.79 Å². The molecule has 26 heavy (non-hydrogen) atoms. The van der Waals surface area contributed by atoms with E-state index in [4.69, 9.17) is 0 Å². The van der Waals surface area contributed by atoms with Crippen molar-refractivity contribution >= 4 is 40.6 Å². The summed E-state index contributed by atoms with van der Waals surface area (Å²) in [6.07, 6.45) is 7.20. The Morgan fingerprint density at radius 2 is 1.46 bits per heavy atom. The number of thiophene rings is 2. The molecule has 0 spiro atoms. The van der Waals surface area contributed by atoms with E-state index in [9.17, 15) is 4.79 Å². The molecule has 0 saturated heterocycles. The van der Waals surface area contributed by atoms with Gasteiger partial charge < -0.3 is 0 Å². The number of allylic oxidation sites excluding steroid dienone is 2. The molecule has 0 aliphatic heterocycles. The van der Waals surface area contributed by atoms with E-state index >= 15 is 0 Å². The van der Waals surface area contributed by atoms with Crippen LogP contribution in [0.4, 0.5) is 0 Å². The molecule has 0 bridgehead atoms. The average Bonchev–Trinajstić information content (AvgIpc) is 3.19. The van der Waals surface area contributed by atoms with Crippen molar-refractivity contribution in [2.75, 3.05) is 0 Å². The van der Waals surface area contributed by atoms with E-state index in [0.717, 1.165) is 30.4 Å². The van der Waals surface area contributed by atoms with Gasteiger partial charge in [-0.05, 0) is 84.2 Å². The van der Waals surface area contributed by atoms with E-state index in [2.05, 4.69) is 69.7 Å². The summed E-state index contributed by atoms with van der Waals surface area (Å²) in [6, 6.07) is 4.26. The van der Waals surface area contributed by atoms with Crippen LogP contribution in [0, 0.1) is 25.2 Å². The van der Waals surface area contributed by atoms with Crippen molar-refractivity contribution in [1.82, 2.24) is 0 Å². The largest absolute Gasteiger partial charge is 0.289 e. The average molecular weight is 385 g/mol. The van der Waals surface area contributed by atoms with Crippen LogP contribution in [0.25, 0.3) is 12.2 Å². The predicted octanol–water partition coefficient (Wildman–Crippen LogP) is 7.31. The Morgan fingerprint density at radius 3 is 1.81 bits per heavy atom. The molecule has 138 valence electrons. The fourth-order valence-electron chi connectivity index (χ4n) is 3.47. The van der Waals surface area contributed by atoms with Gasteiger partial charge in [-0.3, -0.25) is 4.79 Å². The molecule has 1 saturated carbocycles. The Labute approximate surface area is 165 Å². The third-order valence-electron chi connectivity index (χ3n) is 5.95. The van der Waals surface area contributed by atoms with E-state index < -0.39 is 0 Å². The molecule has 3 rings (SSSR count). The van der Waals surface area contributed by atoms with Crippen molar-refractivity contribution < 1.29 is 4.79 Å². The number of aryl methyl sites for hydroxylation is 2. The Bertz CT molecular complexity index is 798. The van der Waals surface area contributed by atoms with Gasteiger partial charge in [0.25, 0.3) is 0 Å². The second-order valence-corrected chi connectivity index (χ2v) is 9.95. The predicted molar refractivity (Wildman–Crippen MR) is 116 cm³/mol. The molecular weight excluding hydrogens is 356 g/mol. The molecular formula is C23H28OS2. The monoisotopic (exact) mass is 384 g/mol. The summed E-state index contributed by atoms with van der Waals surface area (Å²) in [7, 11) is 0. The lowest BCUT2D eigenvalue weighted by molar-refractivity contribution is -0.113. The van der Waals surface area contributed by atoms with Crippen LogP contribution in [0.5, 0.6) is 0 Å². The highest BCUT2D eigenvalue weighted by molar-refractivity contribution is 7.11. The fourth-order valence-corrected chi connectivity index (χ4v) is 5.23. The molecule has 1 aliphatic rings. The number of Topliss-reactive ketones (excluding diaryl/α,β-unsaturated/α-hetero) is 1. The van der Waals surface area contributed by atoms with Gasteiger partial charge in [0.2, 0.25) is 0 Å². The third kappa shape index (κ3) is 3.94. The zero-order chi connectivity index (χ0) is 18.9. The number of rotatable bonds is 4. The van der Waals surface area contributed by atoms with Crippen molar-refractivity contribution in [2.45, 2.75) is 53.9 Å². The Balaban J connectivity index is 2.03. The molecule has 0 N–H and O–H groups in total. The lowest BCUT2D eigenvalue weighted by Crippen LogP contribution is -2.30. The van der Waals surface area contributed by atoms with Crippen molar-refractivity contribution in [3.8, 4) is 0 Å². The third-order valence-corrected chi connectivity index (χ3v) is 7.88. The highest BCUT2D eigenvalue weighted by atomic mass is 32.1. The van der Waals surface area contributed by atoms with E-state index in [1.807, 2.05) is 0 Å². The van der Waals surface area contributed by atoms with Gasteiger partial charge in [-0.25, -0.2) is 0 Å². The quantitative estimate of drug-likeness (QED) is 0.505. The summed E-state index contributed by atoms with van der Waals surface area (Å²) >= 11 is 3.45. The maximum absolute atomic E-state index is 13.2. The van der Waals surface area contributed by atoms with Crippen LogP contribution >= 0.6 is 22.7 Å². The van der Waals surface area contributed by atoms with Gasteiger partial charge in [-0.2, -0.15) is 0 Å². The van der Waals surface area contributed by atoms with Crippen molar-refractivity contribution in [3.05, 3.63) is 54.9 Å². The second kappa shape index (κ2) is 7.66. The number of ketones is 1. The van der Waals surface area contributed by atoms with Gasteiger partial charge in [-0.15, -0.1) is 22.7 Å². The second-order valence-electron chi connectivity index (χ2n) is 8.05. The van der Waals surface area contributed by atoms with E-state index in [1.165, 1.54) is 20.9 Å². The van der Waals surface area contributed by atoms with Gasteiger partial charge >= 0.3 is 0 Å². The molecule has 2 aromatic rings. The van der Waals surface area contributed by atoms with Crippen LogP contribution in [0.1, 0.15) is 60.9 Å². The van der Waals surface area contributed by atoms with Crippen molar-refractivity contribution in [2.24, 2.45) is 11.3 Å². The normalized spacial score (nSPS) is 21.7. The molecule has 0 atom stereocenters. The highest BCUT2D eigenvalue weighted by Crippen LogP contribution is 2.44. The van der Waals surface area contributed by atoms with Crippen LogP contribution in [-0.4, -0.2) is 5.78 Å². The zero-order valence-corrected chi connectivity index (χ0v) is 18.0.